The molecule has 2 nitrogen and oxygen atoms in total. The van der Waals surface area contributed by atoms with E-state index >= 15 is 0 Å². The summed E-state index contributed by atoms with van der Waals surface area (Å²) in [6.07, 6.45) is 4.59. The number of alkyl halides is 2. The monoisotopic (exact) mass is 329 g/mol. The highest BCUT2D eigenvalue weighted by Gasteiger charge is 2.51. The molecule has 0 spiro atoms. The van der Waals surface area contributed by atoms with Crippen molar-refractivity contribution in [3.8, 4) is 5.75 Å². The Morgan fingerprint density at radius 3 is 2.41 bits per heavy atom. The van der Waals surface area contributed by atoms with E-state index in [-0.39, 0.29) is 11.2 Å². The number of aromatic nitrogens is 1. The average Bonchev–Trinajstić information content (AvgIpc) is 2.45. The molecule has 0 N–H and O–H groups in total. The molecule has 22 heavy (non-hydrogen) atoms. The van der Waals surface area contributed by atoms with Crippen LogP contribution >= 0.6 is 9.24 Å². The van der Waals surface area contributed by atoms with Crippen molar-refractivity contribution < 1.29 is 13.5 Å². The Morgan fingerprint density at radius 2 is 1.91 bits per heavy atom. The number of hydrogen-bond donors (Lipinski definition) is 0. The molecule has 4 unspecified atom stereocenters. The minimum atomic E-state index is -2.45. The number of nitrogens with zero attached hydrogens (tertiary/aromatic N) is 1. The lowest BCUT2D eigenvalue weighted by Gasteiger charge is -2.38. The molecule has 1 heterocycles. The summed E-state index contributed by atoms with van der Waals surface area (Å²) in [5, 5.41) is -2.17. The smallest absolute Gasteiger partial charge is 0.241 e. The zero-order chi connectivity index (χ0) is 17.2. The maximum atomic E-state index is 14.9. The van der Waals surface area contributed by atoms with E-state index in [2.05, 4.69) is 25.8 Å². The highest BCUT2D eigenvalue weighted by Crippen LogP contribution is 2.43. The third-order valence-electron chi connectivity index (χ3n) is 4.70. The van der Waals surface area contributed by atoms with Crippen LogP contribution < -0.4 is 4.74 Å². The number of rotatable bonds is 7. The van der Waals surface area contributed by atoms with Crippen LogP contribution in [-0.2, 0) is 5.41 Å². The molecule has 0 amide bonds. The van der Waals surface area contributed by atoms with Crippen LogP contribution in [0.15, 0.2) is 18.5 Å². The van der Waals surface area contributed by atoms with Crippen molar-refractivity contribution in [3.05, 3.63) is 24.0 Å². The Hall–Kier alpha value is -0.695. The van der Waals surface area contributed by atoms with Crippen LogP contribution in [0.3, 0.4) is 0 Å². The first kappa shape index (κ1) is 19.4. The van der Waals surface area contributed by atoms with Gasteiger partial charge in [-0.3, -0.25) is 4.98 Å². The van der Waals surface area contributed by atoms with Gasteiger partial charge in [-0.25, -0.2) is 8.78 Å². The van der Waals surface area contributed by atoms with Crippen LogP contribution in [0.4, 0.5) is 8.78 Å². The van der Waals surface area contributed by atoms with Gasteiger partial charge >= 0.3 is 0 Å². The molecule has 0 aliphatic carbocycles. The zero-order valence-corrected chi connectivity index (χ0v) is 15.6. The summed E-state index contributed by atoms with van der Waals surface area (Å²) in [6.45, 7) is 9.73. The van der Waals surface area contributed by atoms with Gasteiger partial charge in [0, 0.05) is 6.20 Å². The van der Waals surface area contributed by atoms with Gasteiger partial charge < -0.3 is 4.74 Å². The van der Waals surface area contributed by atoms with Crippen LogP contribution in [0, 0.1) is 5.92 Å². The van der Waals surface area contributed by atoms with Crippen molar-refractivity contribution in [1.29, 1.82) is 0 Å². The first-order valence-corrected chi connectivity index (χ1v) is 8.37. The third-order valence-corrected chi connectivity index (χ3v) is 5.79. The predicted molar refractivity (Wildman–Crippen MR) is 93.6 cm³/mol. The fourth-order valence-corrected chi connectivity index (χ4v) is 2.38. The van der Waals surface area contributed by atoms with Crippen molar-refractivity contribution in [3.63, 3.8) is 0 Å². The summed E-state index contributed by atoms with van der Waals surface area (Å²) in [5.41, 5.74) is 0.851. The summed E-state index contributed by atoms with van der Waals surface area (Å²) < 4.78 is 35.0. The molecule has 1 rings (SSSR count). The molecule has 0 fully saturated rings. The van der Waals surface area contributed by atoms with Crippen LogP contribution in [0.2, 0.25) is 0 Å². The summed E-state index contributed by atoms with van der Waals surface area (Å²) in [7, 11) is 3.10. The van der Waals surface area contributed by atoms with E-state index in [1.807, 2.05) is 16.2 Å². The Balaban J connectivity index is 3.06. The van der Waals surface area contributed by atoms with Crippen LogP contribution in [-0.4, -0.2) is 24.0 Å². The maximum absolute atomic E-state index is 14.9. The Labute approximate surface area is 136 Å². The zero-order valence-electron chi connectivity index (χ0n) is 14.4. The van der Waals surface area contributed by atoms with E-state index in [9.17, 15) is 8.78 Å². The number of pyridine rings is 1. The molecule has 1 aromatic rings. The van der Waals surface area contributed by atoms with Crippen molar-refractivity contribution >= 4 is 17.1 Å². The van der Waals surface area contributed by atoms with Gasteiger partial charge in [0.25, 0.3) is 0 Å². The maximum Gasteiger partial charge on any atom is 0.241 e. The van der Waals surface area contributed by atoms with E-state index in [1.165, 1.54) is 6.20 Å². The van der Waals surface area contributed by atoms with Gasteiger partial charge in [-0.05, 0) is 35.8 Å². The van der Waals surface area contributed by atoms with Crippen molar-refractivity contribution in [1.82, 2.24) is 4.98 Å². The lowest BCUT2D eigenvalue weighted by atomic mass is 9.82. The largest absolute Gasteiger partial charge is 0.461 e. The van der Waals surface area contributed by atoms with Gasteiger partial charge in [0.15, 0.2) is 5.41 Å². The molecule has 0 saturated carbocycles. The number of halogens is 2. The Morgan fingerprint density at radius 1 is 1.32 bits per heavy atom. The topological polar surface area (TPSA) is 22.1 Å². The molecular weight excluding hydrogens is 302 g/mol. The molecule has 0 aliphatic rings. The van der Waals surface area contributed by atoms with Crippen molar-refractivity contribution in [2.24, 2.45) is 5.92 Å². The van der Waals surface area contributed by atoms with E-state index in [1.54, 1.807) is 19.2 Å². The molecule has 0 radical (unpaired) electrons. The fraction of sp³-hybridized carbons (Fsp3) is 0.688. The quantitative estimate of drug-likeness (QED) is 0.557. The van der Waals surface area contributed by atoms with E-state index in [0.29, 0.717) is 6.42 Å². The van der Waals surface area contributed by atoms with Crippen molar-refractivity contribution in [2.75, 3.05) is 0 Å². The minimum absolute atomic E-state index is 0.0937. The highest BCUT2D eigenvalue weighted by atomic mass is 31.0. The normalized spacial score (nSPS) is 19.1. The highest BCUT2D eigenvalue weighted by molar-refractivity contribution is 7.19. The molecule has 0 aromatic carbocycles. The SMILES string of the molecule is BC(F)(Oc1cncc(C(C)(C)CC)c1)C(F)(P)C(C)CC. The van der Waals surface area contributed by atoms with E-state index < -0.39 is 17.1 Å². The minimum Gasteiger partial charge on any atom is -0.461 e. The first-order valence-electron chi connectivity index (χ1n) is 7.79. The molecule has 124 valence electrons. The van der Waals surface area contributed by atoms with Crippen molar-refractivity contribution in [2.45, 2.75) is 64.0 Å². The van der Waals surface area contributed by atoms with Gasteiger partial charge in [-0.15, -0.1) is 0 Å². The van der Waals surface area contributed by atoms with Gasteiger partial charge in [-0.2, -0.15) is 0 Å². The Kier molecular flexibility index (Phi) is 6.00. The summed E-state index contributed by atoms with van der Waals surface area (Å²) >= 11 is 0. The lowest BCUT2D eigenvalue weighted by molar-refractivity contribution is -0.0882. The molecule has 1 aromatic heterocycles. The number of hydrogen-bond acceptors (Lipinski definition) is 2. The second kappa shape index (κ2) is 6.82. The second-order valence-corrected chi connectivity index (χ2v) is 7.58. The predicted octanol–water partition coefficient (Wildman–Crippen LogP) is 3.99. The van der Waals surface area contributed by atoms with Gasteiger partial charge in [0.05, 0.1) is 6.20 Å². The second-order valence-electron chi connectivity index (χ2n) is 6.74. The van der Waals surface area contributed by atoms with Gasteiger partial charge in [0.2, 0.25) is 13.6 Å². The molecule has 0 bridgehead atoms. The van der Waals surface area contributed by atoms with E-state index in [0.717, 1.165) is 19.8 Å². The summed E-state index contributed by atoms with van der Waals surface area (Å²) in [4.78, 5) is 4.11. The van der Waals surface area contributed by atoms with Gasteiger partial charge in [-0.1, -0.05) is 43.9 Å². The number of ether oxygens (including phenoxy) is 1. The van der Waals surface area contributed by atoms with Crippen LogP contribution in [0.5, 0.6) is 5.75 Å². The molecule has 0 saturated heterocycles. The fourth-order valence-electron chi connectivity index (χ4n) is 2.09. The summed E-state index contributed by atoms with van der Waals surface area (Å²) in [5.74, 6) is -2.70. The van der Waals surface area contributed by atoms with Crippen LogP contribution in [0.1, 0.15) is 53.0 Å². The summed E-state index contributed by atoms with van der Waals surface area (Å²) in [6, 6.07) is 1.74. The average molecular weight is 329 g/mol. The van der Waals surface area contributed by atoms with Crippen LogP contribution in [0.25, 0.3) is 0 Å². The van der Waals surface area contributed by atoms with E-state index in [4.69, 9.17) is 4.74 Å². The molecule has 6 heteroatoms. The Bertz CT molecular complexity index is 509. The standard InChI is InChI=1S/C16H27BF2NOP/c1-6-11(3)15(18,22)16(17,19)21-13-8-12(9-20-10-13)14(4,5)7-2/h8-11H,6-7,17,22H2,1-5H3. The lowest BCUT2D eigenvalue weighted by Crippen LogP contribution is -2.52. The molecular formula is C16H27BF2NOP. The molecule has 0 aliphatic heterocycles. The third kappa shape index (κ3) is 3.98. The first-order chi connectivity index (χ1) is 9.98. The molecule has 4 atom stereocenters. The van der Waals surface area contributed by atoms with Gasteiger partial charge in [0.1, 0.15) is 5.75 Å².